The zero-order chi connectivity index (χ0) is 13.7. The number of aliphatic hydroxyl groups is 1. The van der Waals surface area contributed by atoms with E-state index in [1.807, 2.05) is 37.4 Å². The quantitative estimate of drug-likeness (QED) is 0.807. The lowest BCUT2D eigenvalue weighted by atomic mass is 10.1. The third kappa shape index (κ3) is 3.24. The molecule has 1 aromatic heterocycles. The Bertz CT molecular complexity index is 539. The fourth-order valence-corrected chi connectivity index (χ4v) is 2.30. The van der Waals surface area contributed by atoms with Crippen LogP contribution in [0.15, 0.2) is 30.3 Å². The van der Waals surface area contributed by atoms with Crippen molar-refractivity contribution in [3.63, 3.8) is 0 Å². The molecule has 0 amide bonds. The summed E-state index contributed by atoms with van der Waals surface area (Å²) >= 11 is 0. The summed E-state index contributed by atoms with van der Waals surface area (Å²) in [4.78, 5) is 6.84. The van der Waals surface area contributed by atoms with E-state index in [0.29, 0.717) is 0 Å². The molecule has 0 atom stereocenters. The molecule has 0 radical (unpaired) electrons. The number of hydrogen-bond donors (Lipinski definition) is 1. The second-order valence-corrected chi connectivity index (χ2v) is 4.95. The largest absolute Gasteiger partial charge is 0.392 e. The molecule has 0 saturated carbocycles. The number of unbranched alkanes of at least 4 members (excludes halogenated alkanes) is 2. The first-order chi connectivity index (χ1) is 9.26. The SMILES string of the molecule is CCCCCN(C)c1nc2ccccc2cc1CO. The molecule has 0 aliphatic rings. The van der Waals surface area contributed by atoms with Gasteiger partial charge in [-0.3, -0.25) is 0 Å². The number of pyridine rings is 1. The van der Waals surface area contributed by atoms with Crippen LogP contribution in [0.25, 0.3) is 10.9 Å². The number of benzene rings is 1. The maximum absolute atomic E-state index is 9.53. The van der Waals surface area contributed by atoms with Crippen molar-refractivity contribution in [2.45, 2.75) is 32.8 Å². The minimum Gasteiger partial charge on any atom is -0.392 e. The van der Waals surface area contributed by atoms with Crippen molar-refractivity contribution in [1.29, 1.82) is 0 Å². The number of rotatable bonds is 6. The van der Waals surface area contributed by atoms with Gasteiger partial charge in [-0.2, -0.15) is 0 Å². The van der Waals surface area contributed by atoms with Gasteiger partial charge < -0.3 is 10.0 Å². The lowest BCUT2D eigenvalue weighted by Gasteiger charge is -2.21. The minimum atomic E-state index is 0.0330. The van der Waals surface area contributed by atoms with Gasteiger partial charge >= 0.3 is 0 Å². The average Bonchev–Trinajstić information content (AvgIpc) is 2.46. The van der Waals surface area contributed by atoms with Crippen LogP contribution in [-0.4, -0.2) is 23.7 Å². The maximum atomic E-state index is 9.53. The summed E-state index contributed by atoms with van der Waals surface area (Å²) in [6, 6.07) is 10.1. The van der Waals surface area contributed by atoms with Gasteiger partial charge in [0.2, 0.25) is 0 Å². The van der Waals surface area contributed by atoms with Gasteiger partial charge in [-0.05, 0) is 18.6 Å². The van der Waals surface area contributed by atoms with Crippen LogP contribution >= 0.6 is 0 Å². The predicted octanol–water partition coefficient (Wildman–Crippen LogP) is 3.35. The highest BCUT2D eigenvalue weighted by molar-refractivity contribution is 5.81. The highest BCUT2D eigenvalue weighted by Crippen LogP contribution is 2.23. The van der Waals surface area contributed by atoms with E-state index in [0.717, 1.165) is 35.2 Å². The molecular formula is C16H22N2O. The fourth-order valence-electron chi connectivity index (χ4n) is 2.30. The fraction of sp³-hybridized carbons (Fsp3) is 0.438. The molecule has 1 aromatic carbocycles. The highest BCUT2D eigenvalue weighted by Gasteiger charge is 2.10. The first-order valence-corrected chi connectivity index (χ1v) is 6.97. The molecular weight excluding hydrogens is 236 g/mol. The Hall–Kier alpha value is -1.61. The van der Waals surface area contributed by atoms with Crippen LogP contribution in [0.2, 0.25) is 0 Å². The zero-order valence-corrected chi connectivity index (χ0v) is 11.8. The maximum Gasteiger partial charge on any atom is 0.134 e. The Kier molecular flexibility index (Phi) is 4.74. The Labute approximate surface area is 114 Å². The van der Waals surface area contributed by atoms with Gasteiger partial charge in [0.15, 0.2) is 0 Å². The van der Waals surface area contributed by atoms with Crippen LogP contribution in [0.4, 0.5) is 5.82 Å². The molecule has 1 heterocycles. The van der Waals surface area contributed by atoms with Gasteiger partial charge in [-0.15, -0.1) is 0 Å². The van der Waals surface area contributed by atoms with E-state index in [-0.39, 0.29) is 6.61 Å². The number of hydrogen-bond acceptors (Lipinski definition) is 3. The third-order valence-corrected chi connectivity index (χ3v) is 3.41. The minimum absolute atomic E-state index is 0.0330. The van der Waals surface area contributed by atoms with Crippen LogP contribution in [0, 0.1) is 0 Å². The molecule has 0 saturated heterocycles. The summed E-state index contributed by atoms with van der Waals surface area (Å²) < 4.78 is 0. The number of fused-ring (bicyclic) bond motifs is 1. The molecule has 0 bridgehead atoms. The normalized spacial score (nSPS) is 10.9. The molecule has 3 nitrogen and oxygen atoms in total. The van der Waals surface area contributed by atoms with Crippen LogP contribution in [-0.2, 0) is 6.61 Å². The molecule has 19 heavy (non-hydrogen) atoms. The van der Waals surface area contributed by atoms with E-state index < -0.39 is 0 Å². The molecule has 0 aliphatic carbocycles. The highest BCUT2D eigenvalue weighted by atomic mass is 16.3. The van der Waals surface area contributed by atoms with Gasteiger partial charge in [-0.25, -0.2) is 4.98 Å². The number of para-hydroxylation sites is 1. The molecule has 0 unspecified atom stereocenters. The van der Waals surface area contributed by atoms with Gasteiger partial charge in [0.05, 0.1) is 12.1 Å². The molecule has 0 spiro atoms. The summed E-state index contributed by atoms with van der Waals surface area (Å²) in [5, 5.41) is 10.6. The van der Waals surface area contributed by atoms with E-state index in [1.165, 1.54) is 12.8 Å². The monoisotopic (exact) mass is 258 g/mol. The van der Waals surface area contributed by atoms with Crippen molar-refractivity contribution in [2.24, 2.45) is 0 Å². The van der Waals surface area contributed by atoms with Crippen molar-refractivity contribution < 1.29 is 5.11 Å². The Morgan fingerprint density at radius 1 is 1.21 bits per heavy atom. The van der Waals surface area contributed by atoms with E-state index in [9.17, 15) is 5.11 Å². The van der Waals surface area contributed by atoms with Gasteiger partial charge in [0, 0.05) is 24.5 Å². The Morgan fingerprint density at radius 2 is 2.00 bits per heavy atom. The standard InChI is InChI=1S/C16H22N2O/c1-3-4-7-10-18(2)16-14(12-19)11-13-8-5-6-9-15(13)17-16/h5-6,8-9,11,19H,3-4,7,10,12H2,1-2H3. The van der Waals surface area contributed by atoms with E-state index in [1.54, 1.807) is 0 Å². The number of aliphatic hydroxyl groups excluding tert-OH is 1. The number of nitrogens with zero attached hydrogens (tertiary/aromatic N) is 2. The first kappa shape index (κ1) is 13.8. The van der Waals surface area contributed by atoms with Crippen molar-refractivity contribution in [1.82, 2.24) is 4.98 Å². The summed E-state index contributed by atoms with van der Waals surface area (Å²) in [6.45, 7) is 3.21. The Balaban J connectivity index is 2.29. The lowest BCUT2D eigenvalue weighted by molar-refractivity contribution is 0.282. The van der Waals surface area contributed by atoms with Crippen LogP contribution in [0.3, 0.4) is 0 Å². The van der Waals surface area contributed by atoms with Crippen LogP contribution < -0.4 is 4.90 Å². The lowest BCUT2D eigenvalue weighted by Crippen LogP contribution is -2.21. The summed E-state index contributed by atoms with van der Waals surface area (Å²) in [5.41, 5.74) is 1.88. The first-order valence-electron chi connectivity index (χ1n) is 6.97. The van der Waals surface area contributed by atoms with Crippen molar-refractivity contribution in [3.8, 4) is 0 Å². The smallest absolute Gasteiger partial charge is 0.134 e. The second-order valence-electron chi connectivity index (χ2n) is 4.95. The van der Waals surface area contributed by atoms with Gasteiger partial charge in [0.1, 0.15) is 5.82 Å². The third-order valence-electron chi connectivity index (χ3n) is 3.41. The van der Waals surface area contributed by atoms with E-state index in [4.69, 9.17) is 4.98 Å². The van der Waals surface area contributed by atoms with Gasteiger partial charge in [-0.1, -0.05) is 38.0 Å². The predicted molar refractivity (Wildman–Crippen MR) is 80.5 cm³/mol. The number of aromatic nitrogens is 1. The van der Waals surface area contributed by atoms with E-state index in [2.05, 4.69) is 11.8 Å². The molecule has 102 valence electrons. The Morgan fingerprint density at radius 3 is 2.74 bits per heavy atom. The van der Waals surface area contributed by atoms with Crippen molar-refractivity contribution >= 4 is 16.7 Å². The molecule has 2 rings (SSSR count). The molecule has 2 aromatic rings. The molecule has 1 N–H and O–H groups in total. The van der Waals surface area contributed by atoms with Crippen LogP contribution in [0.1, 0.15) is 31.7 Å². The van der Waals surface area contributed by atoms with Crippen molar-refractivity contribution in [2.75, 3.05) is 18.5 Å². The van der Waals surface area contributed by atoms with E-state index >= 15 is 0 Å². The second kappa shape index (κ2) is 6.53. The topological polar surface area (TPSA) is 36.4 Å². The summed E-state index contributed by atoms with van der Waals surface area (Å²) in [6.07, 6.45) is 3.60. The molecule has 3 heteroatoms. The summed E-state index contributed by atoms with van der Waals surface area (Å²) in [7, 11) is 2.05. The average molecular weight is 258 g/mol. The van der Waals surface area contributed by atoms with Crippen molar-refractivity contribution in [3.05, 3.63) is 35.9 Å². The van der Waals surface area contributed by atoms with Gasteiger partial charge in [0.25, 0.3) is 0 Å². The summed E-state index contributed by atoms with van der Waals surface area (Å²) in [5.74, 6) is 0.900. The number of anilines is 1. The zero-order valence-electron chi connectivity index (χ0n) is 11.8. The molecule has 0 aliphatic heterocycles. The van der Waals surface area contributed by atoms with Crippen LogP contribution in [0.5, 0.6) is 0 Å². The molecule has 0 fully saturated rings.